The molecule has 0 saturated heterocycles. The summed E-state index contributed by atoms with van der Waals surface area (Å²) in [6.45, 7) is 6.38. The van der Waals surface area contributed by atoms with E-state index in [0.29, 0.717) is 17.6 Å². The Morgan fingerprint density at radius 2 is 2.21 bits per heavy atom. The zero-order valence-electron chi connectivity index (χ0n) is 8.59. The van der Waals surface area contributed by atoms with Crippen LogP contribution in [0.25, 0.3) is 11.0 Å². The van der Waals surface area contributed by atoms with Crippen molar-refractivity contribution < 1.29 is 0 Å². The summed E-state index contributed by atoms with van der Waals surface area (Å²) in [5, 5.41) is 0.676. The largest absolute Gasteiger partial charge is 0.343 e. The van der Waals surface area contributed by atoms with Gasteiger partial charge in [0.2, 0.25) is 0 Å². The van der Waals surface area contributed by atoms with E-state index >= 15 is 0 Å². The van der Waals surface area contributed by atoms with E-state index in [1.165, 1.54) is 0 Å². The molecule has 2 aromatic heterocycles. The number of H-pyrrole nitrogens is 1. The minimum absolute atomic E-state index is 0.0411. The lowest BCUT2D eigenvalue weighted by molar-refractivity contribution is 0.685. The van der Waals surface area contributed by atoms with Crippen LogP contribution in [0.5, 0.6) is 0 Å². The highest BCUT2D eigenvalue weighted by molar-refractivity contribution is 5.75. The average molecular weight is 191 g/mol. The molecule has 0 spiro atoms. The van der Waals surface area contributed by atoms with Crippen LogP contribution >= 0.6 is 0 Å². The zero-order chi connectivity index (χ0) is 10.3. The molecule has 1 N–H and O–H groups in total. The first kappa shape index (κ1) is 8.99. The summed E-state index contributed by atoms with van der Waals surface area (Å²) in [6.07, 6.45) is 0. The molecule has 0 unspecified atom stereocenters. The number of aromatic amines is 1. The Hall–Kier alpha value is -1.58. The molecule has 0 aliphatic rings. The van der Waals surface area contributed by atoms with Crippen molar-refractivity contribution in [1.82, 2.24) is 14.5 Å². The standard InChI is InChI=1S/C10H13N3O/c1-4-13-7(3)12-9-8(10(13)14)5-6(2)11-9/h5,11H,4H2,1-3H3. The average Bonchev–Trinajstić information content (AvgIpc) is 2.47. The fraction of sp³-hybridized carbons (Fsp3) is 0.400. The first-order valence-electron chi connectivity index (χ1n) is 4.70. The Labute approximate surface area is 81.6 Å². The van der Waals surface area contributed by atoms with Crippen molar-refractivity contribution >= 4 is 11.0 Å². The number of rotatable bonds is 1. The summed E-state index contributed by atoms with van der Waals surface area (Å²) in [6, 6.07) is 1.84. The molecule has 0 aliphatic carbocycles. The number of hydrogen-bond donors (Lipinski definition) is 1. The number of nitrogens with zero attached hydrogens (tertiary/aromatic N) is 2. The van der Waals surface area contributed by atoms with Gasteiger partial charge in [0.05, 0.1) is 5.39 Å². The summed E-state index contributed by atoms with van der Waals surface area (Å²) in [5.74, 6) is 0.756. The number of hydrogen-bond acceptors (Lipinski definition) is 2. The second kappa shape index (κ2) is 2.97. The summed E-state index contributed by atoms with van der Waals surface area (Å²) in [5.41, 5.74) is 1.70. The molecule has 0 saturated carbocycles. The van der Waals surface area contributed by atoms with Crippen molar-refractivity contribution in [2.24, 2.45) is 0 Å². The van der Waals surface area contributed by atoms with Crippen molar-refractivity contribution in [3.8, 4) is 0 Å². The Balaban J connectivity index is 2.92. The van der Waals surface area contributed by atoms with Gasteiger partial charge in [-0.3, -0.25) is 9.36 Å². The van der Waals surface area contributed by atoms with Crippen LogP contribution in [0, 0.1) is 13.8 Å². The van der Waals surface area contributed by atoms with Gasteiger partial charge in [0.1, 0.15) is 11.5 Å². The maximum absolute atomic E-state index is 11.9. The van der Waals surface area contributed by atoms with Crippen LogP contribution in [-0.2, 0) is 6.54 Å². The van der Waals surface area contributed by atoms with Crippen LogP contribution in [0.3, 0.4) is 0 Å². The quantitative estimate of drug-likeness (QED) is 0.740. The number of nitrogens with one attached hydrogen (secondary N) is 1. The van der Waals surface area contributed by atoms with E-state index in [9.17, 15) is 4.79 Å². The van der Waals surface area contributed by atoms with Crippen molar-refractivity contribution in [2.75, 3.05) is 0 Å². The maximum Gasteiger partial charge on any atom is 0.262 e. The number of fused-ring (bicyclic) bond motifs is 1. The third-order valence-corrected chi connectivity index (χ3v) is 2.39. The fourth-order valence-electron chi connectivity index (χ4n) is 1.71. The molecular weight excluding hydrogens is 178 g/mol. The predicted octanol–water partition coefficient (Wildman–Crippen LogP) is 1.36. The Bertz CT molecular complexity index is 536. The van der Waals surface area contributed by atoms with E-state index in [-0.39, 0.29) is 5.56 Å². The molecule has 0 atom stereocenters. The molecule has 0 bridgehead atoms. The highest BCUT2D eigenvalue weighted by Crippen LogP contribution is 2.08. The van der Waals surface area contributed by atoms with Crippen molar-refractivity contribution in [2.45, 2.75) is 27.3 Å². The van der Waals surface area contributed by atoms with E-state index in [2.05, 4.69) is 9.97 Å². The zero-order valence-corrected chi connectivity index (χ0v) is 8.59. The predicted molar refractivity (Wildman–Crippen MR) is 55.5 cm³/mol. The molecule has 0 aromatic carbocycles. The molecule has 0 aliphatic heterocycles. The Kier molecular flexibility index (Phi) is 1.91. The number of aryl methyl sites for hydroxylation is 2. The Morgan fingerprint density at radius 3 is 2.86 bits per heavy atom. The molecule has 0 fully saturated rings. The minimum atomic E-state index is 0.0411. The highest BCUT2D eigenvalue weighted by atomic mass is 16.1. The van der Waals surface area contributed by atoms with E-state index in [1.807, 2.05) is 26.8 Å². The van der Waals surface area contributed by atoms with E-state index in [4.69, 9.17) is 0 Å². The summed E-state index contributed by atoms with van der Waals surface area (Å²) in [7, 11) is 0. The van der Waals surface area contributed by atoms with Crippen molar-refractivity contribution in [3.63, 3.8) is 0 Å². The Morgan fingerprint density at radius 1 is 1.50 bits per heavy atom. The van der Waals surface area contributed by atoms with E-state index in [0.717, 1.165) is 11.5 Å². The van der Waals surface area contributed by atoms with Gasteiger partial charge >= 0.3 is 0 Å². The molecule has 0 amide bonds. The number of aromatic nitrogens is 3. The van der Waals surface area contributed by atoms with Gasteiger partial charge in [-0.1, -0.05) is 0 Å². The second-order valence-electron chi connectivity index (χ2n) is 3.42. The van der Waals surface area contributed by atoms with Gasteiger partial charge in [-0.15, -0.1) is 0 Å². The monoisotopic (exact) mass is 191 g/mol. The molecular formula is C10H13N3O. The van der Waals surface area contributed by atoms with Crippen LogP contribution in [0.2, 0.25) is 0 Å². The molecule has 4 nitrogen and oxygen atoms in total. The van der Waals surface area contributed by atoms with Crippen LogP contribution in [0.15, 0.2) is 10.9 Å². The van der Waals surface area contributed by atoms with Gasteiger partial charge in [0.15, 0.2) is 0 Å². The summed E-state index contributed by atoms with van der Waals surface area (Å²) >= 11 is 0. The summed E-state index contributed by atoms with van der Waals surface area (Å²) < 4.78 is 1.68. The van der Waals surface area contributed by atoms with E-state index < -0.39 is 0 Å². The molecule has 14 heavy (non-hydrogen) atoms. The van der Waals surface area contributed by atoms with Gasteiger partial charge in [-0.05, 0) is 26.8 Å². The van der Waals surface area contributed by atoms with E-state index in [1.54, 1.807) is 4.57 Å². The third-order valence-electron chi connectivity index (χ3n) is 2.39. The van der Waals surface area contributed by atoms with Crippen LogP contribution in [0.4, 0.5) is 0 Å². The SMILES string of the molecule is CCn1c(C)nc2[nH]c(C)cc2c1=O. The molecule has 74 valence electrons. The normalized spacial score (nSPS) is 11.1. The van der Waals surface area contributed by atoms with Gasteiger partial charge in [0, 0.05) is 12.2 Å². The first-order chi connectivity index (χ1) is 6.63. The molecule has 0 radical (unpaired) electrons. The molecule has 2 aromatic rings. The van der Waals surface area contributed by atoms with Gasteiger partial charge in [-0.25, -0.2) is 4.98 Å². The summed E-state index contributed by atoms with van der Waals surface area (Å²) in [4.78, 5) is 19.3. The van der Waals surface area contributed by atoms with Gasteiger partial charge in [-0.2, -0.15) is 0 Å². The van der Waals surface area contributed by atoms with Crippen LogP contribution < -0.4 is 5.56 Å². The smallest absolute Gasteiger partial charge is 0.262 e. The lowest BCUT2D eigenvalue weighted by Crippen LogP contribution is -2.22. The van der Waals surface area contributed by atoms with Crippen molar-refractivity contribution in [1.29, 1.82) is 0 Å². The molecule has 2 heterocycles. The van der Waals surface area contributed by atoms with Crippen LogP contribution in [0.1, 0.15) is 18.4 Å². The first-order valence-corrected chi connectivity index (χ1v) is 4.70. The van der Waals surface area contributed by atoms with Crippen molar-refractivity contribution in [3.05, 3.63) is 27.9 Å². The molecule has 4 heteroatoms. The highest BCUT2D eigenvalue weighted by Gasteiger charge is 2.08. The second-order valence-corrected chi connectivity index (χ2v) is 3.42. The van der Waals surface area contributed by atoms with Gasteiger partial charge in [0.25, 0.3) is 5.56 Å². The third kappa shape index (κ3) is 1.14. The fourth-order valence-corrected chi connectivity index (χ4v) is 1.71. The maximum atomic E-state index is 11.9. The molecule has 2 rings (SSSR count). The minimum Gasteiger partial charge on any atom is -0.343 e. The topological polar surface area (TPSA) is 50.7 Å². The van der Waals surface area contributed by atoms with Gasteiger partial charge < -0.3 is 4.98 Å². The lowest BCUT2D eigenvalue weighted by Gasteiger charge is -2.04. The van der Waals surface area contributed by atoms with Crippen LogP contribution in [-0.4, -0.2) is 14.5 Å². The lowest BCUT2D eigenvalue weighted by atomic mass is 10.3.